The van der Waals surface area contributed by atoms with Crippen LogP contribution >= 0.6 is 11.6 Å². The maximum Gasteiger partial charge on any atom is 0.257 e. The molecule has 0 aliphatic rings. The van der Waals surface area contributed by atoms with Crippen LogP contribution in [0.15, 0.2) is 66.7 Å². The van der Waals surface area contributed by atoms with E-state index in [1.807, 2.05) is 30.3 Å². The number of nitrogens with zero attached hydrogens (tertiary/aromatic N) is 1. The van der Waals surface area contributed by atoms with E-state index in [2.05, 4.69) is 5.32 Å². The largest absolute Gasteiger partial charge is 0.493 e. The fraction of sp³-hybridized carbons (Fsp3) is 0.174. The first kappa shape index (κ1) is 23.4. The SMILES string of the molecule is COc1cc(C(=O)Nc2cccc(Cl)c2)c(N(Cc2ccccc2)S(C)(=O)=O)cc1OC. The predicted molar refractivity (Wildman–Crippen MR) is 126 cm³/mol. The van der Waals surface area contributed by atoms with E-state index in [9.17, 15) is 13.2 Å². The minimum Gasteiger partial charge on any atom is -0.493 e. The highest BCUT2D eigenvalue weighted by Gasteiger charge is 2.26. The number of halogens is 1. The third-order valence-electron chi connectivity index (χ3n) is 4.67. The molecule has 0 heterocycles. The first-order valence-corrected chi connectivity index (χ1v) is 11.8. The predicted octanol–water partition coefficient (Wildman–Crippen LogP) is 4.58. The van der Waals surface area contributed by atoms with Crippen molar-refractivity contribution < 1.29 is 22.7 Å². The second-order valence-electron chi connectivity index (χ2n) is 6.94. The summed E-state index contributed by atoms with van der Waals surface area (Å²) in [4.78, 5) is 13.2. The van der Waals surface area contributed by atoms with E-state index < -0.39 is 15.9 Å². The quantitative estimate of drug-likeness (QED) is 0.516. The maximum absolute atomic E-state index is 13.2. The van der Waals surface area contributed by atoms with Gasteiger partial charge in [-0.15, -0.1) is 0 Å². The van der Waals surface area contributed by atoms with Gasteiger partial charge in [0, 0.05) is 16.8 Å². The molecule has 0 atom stereocenters. The van der Waals surface area contributed by atoms with Crippen LogP contribution in [-0.4, -0.2) is 34.8 Å². The van der Waals surface area contributed by atoms with Crippen molar-refractivity contribution in [3.63, 3.8) is 0 Å². The topological polar surface area (TPSA) is 84.9 Å². The van der Waals surface area contributed by atoms with Gasteiger partial charge in [0.15, 0.2) is 11.5 Å². The molecule has 3 aromatic carbocycles. The zero-order valence-corrected chi connectivity index (χ0v) is 19.4. The van der Waals surface area contributed by atoms with Crippen LogP contribution in [0.5, 0.6) is 11.5 Å². The highest BCUT2D eigenvalue weighted by molar-refractivity contribution is 7.92. The molecule has 0 radical (unpaired) electrons. The van der Waals surface area contributed by atoms with Gasteiger partial charge in [0.25, 0.3) is 5.91 Å². The minimum atomic E-state index is -3.76. The lowest BCUT2D eigenvalue weighted by Gasteiger charge is -2.26. The van der Waals surface area contributed by atoms with E-state index in [-0.39, 0.29) is 17.8 Å². The molecule has 32 heavy (non-hydrogen) atoms. The van der Waals surface area contributed by atoms with Crippen LogP contribution in [-0.2, 0) is 16.6 Å². The molecule has 0 unspecified atom stereocenters. The van der Waals surface area contributed by atoms with Gasteiger partial charge in [-0.1, -0.05) is 48.0 Å². The number of amides is 1. The van der Waals surface area contributed by atoms with Crippen molar-refractivity contribution in [2.45, 2.75) is 6.54 Å². The summed E-state index contributed by atoms with van der Waals surface area (Å²) in [7, 11) is -0.882. The van der Waals surface area contributed by atoms with E-state index in [1.165, 1.54) is 26.4 Å². The summed E-state index contributed by atoms with van der Waals surface area (Å²) in [6.07, 6.45) is 1.09. The normalized spacial score (nSPS) is 11.0. The van der Waals surface area contributed by atoms with Gasteiger partial charge in [0.1, 0.15) is 0 Å². The van der Waals surface area contributed by atoms with Crippen molar-refractivity contribution in [1.82, 2.24) is 0 Å². The molecule has 0 aromatic heterocycles. The third kappa shape index (κ3) is 5.52. The molecule has 1 amide bonds. The zero-order valence-electron chi connectivity index (χ0n) is 17.8. The standard InChI is InChI=1S/C23H23ClN2O5S/c1-30-21-13-19(23(27)25-18-11-7-10-17(24)12-18)20(14-22(21)31-2)26(32(3,28)29)15-16-8-5-4-6-9-16/h4-14H,15H2,1-3H3,(H,25,27). The van der Waals surface area contributed by atoms with Gasteiger partial charge >= 0.3 is 0 Å². The molecular weight excluding hydrogens is 452 g/mol. The second kappa shape index (κ2) is 9.93. The highest BCUT2D eigenvalue weighted by atomic mass is 35.5. The Bertz CT molecular complexity index is 1220. The van der Waals surface area contributed by atoms with Gasteiger partial charge in [-0.2, -0.15) is 0 Å². The number of hydrogen-bond donors (Lipinski definition) is 1. The Morgan fingerprint density at radius 2 is 1.62 bits per heavy atom. The van der Waals surface area contributed by atoms with Crippen molar-refractivity contribution in [1.29, 1.82) is 0 Å². The van der Waals surface area contributed by atoms with Gasteiger partial charge in [0.05, 0.1) is 38.3 Å². The minimum absolute atomic E-state index is 0.0343. The lowest BCUT2D eigenvalue weighted by Crippen LogP contribution is -2.31. The smallest absolute Gasteiger partial charge is 0.257 e. The Labute approximate surface area is 192 Å². The number of carbonyl (C=O) groups excluding carboxylic acids is 1. The Morgan fingerprint density at radius 3 is 2.22 bits per heavy atom. The summed E-state index contributed by atoms with van der Waals surface area (Å²) in [6, 6.07) is 18.7. The maximum atomic E-state index is 13.2. The molecule has 3 aromatic rings. The van der Waals surface area contributed by atoms with Crippen LogP contribution in [0, 0.1) is 0 Å². The molecule has 168 valence electrons. The number of rotatable bonds is 8. The van der Waals surface area contributed by atoms with Crippen molar-refractivity contribution >= 4 is 38.9 Å². The van der Waals surface area contributed by atoms with Crippen molar-refractivity contribution in [3.05, 3.63) is 82.9 Å². The van der Waals surface area contributed by atoms with E-state index in [0.29, 0.717) is 22.2 Å². The summed E-state index contributed by atoms with van der Waals surface area (Å²) in [5.74, 6) is 0.0640. The van der Waals surface area contributed by atoms with E-state index in [4.69, 9.17) is 21.1 Å². The lowest BCUT2D eigenvalue weighted by atomic mass is 10.1. The van der Waals surface area contributed by atoms with Crippen LogP contribution in [0.3, 0.4) is 0 Å². The van der Waals surface area contributed by atoms with Crippen molar-refractivity contribution in [2.75, 3.05) is 30.1 Å². The molecule has 1 N–H and O–H groups in total. The molecule has 0 saturated carbocycles. The summed E-state index contributed by atoms with van der Waals surface area (Å²) < 4.78 is 37.4. The Morgan fingerprint density at radius 1 is 0.969 bits per heavy atom. The van der Waals surface area contributed by atoms with Crippen LogP contribution in [0.1, 0.15) is 15.9 Å². The molecule has 3 rings (SSSR count). The summed E-state index contributed by atoms with van der Waals surface area (Å²) in [5.41, 5.74) is 1.49. The zero-order chi connectivity index (χ0) is 23.3. The number of nitrogens with one attached hydrogen (secondary N) is 1. The fourth-order valence-corrected chi connectivity index (χ4v) is 4.23. The lowest BCUT2D eigenvalue weighted by molar-refractivity contribution is 0.102. The Balaban J connectivity index is 2.13. The molecule has 0 saturated heterocycles. The average Bonchev–Trinajstić information content (AvgIpc) is 2.76. The molecule has 0 fully saturated rings. The Hall–Kier alpha value is -3.23. The van der Waals surface area contributed by atoms with Crippen LogP contribution < -0.4 is 19.1 Å². The number of methoxy groups -OCH3 is 2. The summed E-state index contributed by atoms with van der Waals surface area (Å²) >= 11 is 6.02. The molecule has 0 spiro atoms. The third-order valence-corrected chi connectivity index (χ3v) is 6.03. The first-order valence-electron chi connectivity index (χ1n) is 9.57. The summed E-state index contributed by atoms with van der Waals surface area (Å²) in [6.45, 7) is 0.0343. The van der Waals surface area contributed by atoms with Crippen LogP contribution in [0.2, 0.25) is 5.02 Å². The van der Waals surface area contributed by atoms with Crippen molar-refractivity contribution in [2.24, 2.45) is 0 Å². The van der Waals surface area contributed by atoms with Crippen molar-refractivity contribution in [3.8, 4) is 11.5 Å². The van der Waals surface area contributed by atoms with E-state index in [0.717, 1.165) is 16.1 Å². The molecule has 0 bridgehead atoms. The van der Waals surface area contributed by atoms with Gasteiger partial charge < -0.3 is 14.8 Å². The molecular formula is C23H23ClN2O5S. The van der Waals surface area contributed by atoms with Crippen LogP contribution in [0.25, 0.3) is 0 Å². The number of ether oxygens (including phenoxy) is 2. The van der Waals surface area contributed by atoms with Crippen LogP contribution in [0.4, 0.5) is 11.4 Å². The summed E-state index contributed by atoms with van der Waals surface area (Å²) in [5, 5.41) is 3.21. The number of carbonyl (C=O) groups is 1. The number of sulfonamides is 1. The molecule has 0 aliphatic carbocycles. The fourth-order valence-electron chi connectivity index (χ4n) is 3.15. The average molecular weight is 475 g/mol. The van der Waals surface area contributed by atoms with Gasteiger partial charge in [0.2, 0.25) is 10.0 Å². The van der Waals surface area contributed by atoms with Gasteiger partial charge in [-0.25, -0.2) is 8.42 Å². The Kier molecular flexibility index (Phi) is 7.27. The van der Waals surface area contributed by atoms with Gasteiger partial charge in [-0.3, -0.25) is 9.10 Å². The molecule has 9 heteroatoms. The number of benzene rings is 3. The number of hydrogen-bond acceptors (Lipinski definition) is 5. The monoisotopic (exact) mass is 474 g/mol. The van der Waals surface area contributed by atoms with Gasteiger partial charge in [-0.05, 0) is 29.8 Å². The van der Waals surface area contributed by atoms with E-state index in [1.54, 1.807) is 24.3 Å². The molecule has 7 nitrogen and oxygen atoms in total. The highest BCUT2D eigenvalue weighted by Crippen LogP contribution is 2.37. The van der Waals surface area contributed by atoms with E-state index >= 15 is 0 Å². The first-order chi connectivity index (χ1) is 15.2. The second-order valence-corrected chi connectivity index (χ2v) is 9.29. The molecule has 0 aliphatic heterocycles. The number of anilines is 2.